The minimum atomic E-state index is -0.0181. The van der Waals surface area contributed by atoms with Gasteiger partial charge in [-0.1, -0.05) is 15.9 Å². The summed E-state index contributed by atoms with van der Waals surface area (Å²) in [6.07, 6.45) is 2.18. The number of carbonyl (C=O) groups is 1. The van der Waals surface area contributed by atoms with E-state index in [4.69, 9.17) is 4.74 Å². The van der Waals surface area contributed by atoms with E-state index in [-0.39, 0.29) is 12.0 Å². The number of rotatable bonds is 7. The standard InChI is InChI=1S/C14H19BrINO2/c1-10(2)19-8-4-3-7-17-14(18)12-9-11(15)5-6-13(12)16/h5-6,9-10H,3-4,7-8H2,1-2H3,(H,17,18). The summed E-state index contributed by atoms with van der Waals surface area (Å²) in [4.78, 5) is 12.0. The van der Waals surface area contributed by atoms with Crippen LogP contribution in [-0.4, -0.2) is 25.2 Å². The number of benzene rings is 1. The van der Waals surface area contributed by atoms with E-state index in [1.54, 1.807) is 0 Å². The summed E-state index contributed by atoms with van der Waals surface area (Å²) in [6, 6.07) is 5.71. The zero-order valence-corrected chi connectivity index (χ0v) is 15.0. The second-order valence-electron chi connectivity index (χ2n) is 4.51. The van der Waals surface area contributed by atoms with Crippen molar-refractivity contribution < 1.29 is 9.53 Å². The minimum absolute atomic E-state index is 0.0181. The van der Waals surface area contributed by atoms with Crippen molar-refractivity contribution >= 4 is 44.4 Å². The van der Waals surface area contributed by atoms with Gasteiger partial charge in [-0.15, -0.1) is 0 Å². The molecule has 1 aromatic rings. The molecule has 5 heteroatoms. The van der Waals surface area contributed by atoms with E-state index in [9.17, 15) is 4.79 Å². The van der Waals surface area contributed by atoms with Crippen molar-refractivity contribution in [2.75, 3.05) is 13.2 Å². The van der Waals surface area contributed by atoms with Gasteiger partial charge in [0.15, 0.2) is 0 Å². The van der Waals surface area contributed by atoms with E-state index >= 15 is 0 Å². The lowest BCUT2D eigenvalue weighted by Gasteiger charge is -2.09. The molecule has 1 N–H and O–H groups in total. The van der Waals surface area contributed by atoms with Gasteiger partial charge in [-0.25, -0.2) is 0 Å². The topological polar surface area (TPSA) is 38.3 Å². The Kier molecular flexibility index (Phi) is 7.94. The van der Waals surface area contributed by atoms with Gasteiger partial charge in [-0.3, -0.25) is 4.79 Å². The maximum absolute atomic E-state index is 12.0. The van der Waals surface area contributed by atoms with Crippen molar-refractivity contribution in [2.45, 2.75) is 32.8 Å². The third-order valence-electron chi connectivity index (χ3n) is 2.48. The summed E-state index contributed by atoms with van der Waals surface area (Å²) in [5.41, 5.74) is 0.716. The second-order valence-corrected chi connectivity index (χ2v) is 6.58. The van der Waals surface area contributed by atoms with Gasteiger partial charge in [-0.2, -0.15) is 0 Å². The molecule has 0 fully saturated rings. The highest BCUT2D eigenvalue weighted by Crippen LogP contribution is 2.18. The van der Waals surface area contributed by atoms with Crippen molar-refractivity contribution in [3.8, 4) is 0 Å². The molecule has 0 saturated heterocycles. The van der Waals surface area contributed by atoms with E-state index in [0.29, 0.717) is 12.1 Å². The molecule has 0 unspecified atom stereocenters. The molecule has 3 nitrogen and oxygen atoms in total. The minimum Gasteiger partial charge on any atom is -0.379 e. The molecular weight excluding hydrogens is 421 g/mol. The molecule has 0 aliphatic rings. The largest absolute Gasteiger partial charge is 0.379 e. The maximum Gasteiger partial charge on any atom is 0.252 e. The van der Waals surface area contributed by atoms with Crippen molar-refractivity contribution in [1.29, 1.82) is 0 Å². The Morgan fingerprint density at radius 2 is 2.16 bits per heavy atom. The third kappa shape index (κ3) is 6.72. The molecule has 1 rings (SSSR count). The lowest BCUT2D eigenvalue weighted by atomic mass is 10.2. The predicted octanol–water partition coefficient (Wildman–Crippen LogP) is 3.99. The fraction of sp³-hybridized carbons (Fsp3) is 0.500. The molecule has 0 bridgehead atoms. The number of ether oxygens (including phenoxy) is 1. The molecule has 0 spiro atoms. The Hall–Kier alpha value is -0.140. The second kappa shape index (κ2) is 8.92. The molecule has 106 valence electrons. The molecular formula is C14H19BrINO2. The molecule has 1 aromatic carbocycles. The van der Waals surface area contributed by atoms with Gasteiger partial charge < -0.3 is 10.1 Å². The Labute approximate surface area is 136 Å². The van der Waals surface area contributed by atoms with Crippen LogP contribution in [0.3, 0.4) is 0 Å². The number of nitrogens with one attached hydrogen (secondary N) is 1. The van der Waals surface area contributed by atoms with Gasteiger partial charge in [0.1, 0.15) is 0 Å². The van der Waals surface area contributed by atoms with Crippen LogP contribution in [0, 0.1) is 3.57 Å². The van der Waals surface area contributed by atoms with Crippen LogP contribution in [0.25, 0.3) is 0 Å². The average molecular weight is 440 g/mol. The number of unbranched alkanes of at least 4 members (excludes halogenated alkanes) is 1. The Bertz CT molecular complexity index is 424. The van der Waals surface area contributed by atoms with Crippen molar-refractivity contribution in [1.82, 2.24) is 5.32 Å². The Morgan fingerprint density at radius 3 is 2.84 bits per heavy atom. The van der Waals surface area contributed by atoms with Gasteiger partial charge in [-0.05, 0) is 67.5 Å². The number of carbonyl (C=O) groups excluding carboxylic acids is 1. The van der Waals surface area contributed by atoms with Gasteiger partial charge in [0.05, 0.1) is 11.7 Å². The van der Waals surface area contributed by atoms with Crippen molar-refractivity contribution in [2.24, 2.45) is 0 Å². The van der Waals surface area contributed by atoms with Gasteiger partial charge in [0.25, 0.3) is 5.91 Å². The van der Waals surface area contributed by atoms with Gasteiger partial charge >= 0.3 is 0 Å². The lowest BCUT2D eigenvalue weighted by molar-refractivity contribution is 0.0754. The van der Waals surface area contributed by atoms with Gasteiger partial charge in [0, 0.05) is 21.2 Å². The smallest absolute Gasteiger partial charge is 0.252 e. The van der Waals surface area contributed by atoms with Crippen LogP contribution < -0.4 is 5.32 Å². The number of hydrogen-bond donors (Lipinski definition) is 1. The quantitative estimate of drug-likeness (QED) is 0.515. The van der Waals surface area contributed by atoms with Crippen molar-refractivity contribution in [3.63, 3.8) is 0 Å². The van der Waals surface area contributed by atoms with Crippen LogP contribution >= 0.6 is 38.5 Å². The summed E-state index contributed by atoms with van der Waals surface area (Å²) in [7, 11) is 0. The van der Waals surface area contributed by atoms with E-state index in [0.717, 1.165) is 27.5 Å². The van der Waals surface area contributed by atoms with Crippen LogP contribution in [0.2, 0.25) is 0 Å². The Balaban J connectivity index is 2.29. The van der Waals surface area contributed by atoms with Crippen LogP contribution in [-0.2, 0) is 4.74 Å². The monoisotopic (exact) mass is 439 g/mol. The molecule has 0 aliphatic heterocycles. The first kappa shape index (κ1) is 16.9. The zero-order valence-electron chi connectivity index (χ0n) is 11.2. The van der Waals surface area contributed by atoms with Crippen LogP contribution in [0.1, 0.15) is 37.0 Å². The van der Waals surface area contributed by atoms with E-state index in [1.807, 2.05) is 32.0 Å². The van der Waals surface area contributed by atoms with E-state index in [2.05, 4.69) is 43.8 Å². The molecule has 0 aliphatic carbocycles. The highest BCUT2D eigenvalue weighted by atomic mass is 127. The molecule has 0 saturated carbocycles. The summed E-state index contributed by atoms with van der Waals surface area (Å²) in [6.45, 7) is 5.48. The normalized spacial score (nSPS) is 10.8. The fourth-order valence-corrected chi connectivity index (χ4v) is 2.46. The predicted molar refractivity (Wildman–Crippen MR) is 89.5 cm³/mol. The van der Waals surface area contributed by atoms with Crippen molar-refractivity contribution in [3.05, 3.63) is 31.8 Å². The molecule has 0 radical (unpaired) electrons. The van der Waals surface area contributed by atoms with Gasteiger partial charge in [0.2, 0.25) is 0 Å². The maximum atomic E-state index is 12.0. The highest BCUT2D eigenvalue weighted by molar-refractivity contribution is 14.1. The van der Waals surface area contributed by atoms with Crippen LogP contribution in [0.15, 0.2) is 22.7 Å². The third-order valence-corrected chi connectivity index (χ3v) is 3.91. The molecule has 0 aromatic heterocycles. The summed E-state index contributed by atoms with van der Waals surface area (Å²) >= 11 is 5.55. The SMILES string of the molecule is CC(C)OCCCCNC(=O)c1cc(Br)ccc1I. The molecule has 19 heavy (non-hydrogen) atoms. The molecule has 0 heterocycles. The van der Waals surface area contributed by atoms with E-state index < -0.39 is 0 Å². The number of hydrogen-bond acceptors (Lipinski definition) is 2. The number of halogens is 2. The Morgan fingerprint density at radius 1 is 1.42 bits per heavy atom. The first-order valence-electron chi connectivity index (χ1n) is 6.35. The molecule has 0 atom stereocenters. The fourth-order valence-electron chi connectivity index (χ4n) is 1.51. The van der Waals surface area contributed by atoms with Crippen LogP contribution in [0.5, 0.6) is 0 Å². The number of amides is 1. The summed E-state index contributed by atoms with van der Waals surface area (Å²) in [5, 5.41) is 2.94. The average Bonchev–Trinajstić information content (AvgIpc) is 2.36. The van der Waals surface area contributed by atoms with E-state index in [1.165, 1.54) is 0 Å². The highest BCUT2D eigenvalue weighted by Gasteiger charge is 2.09. The summed E-state index contributed by atoms with van der Waals surface area (Å²) < 4.78 is 7.33. The molecule has 1 amide bonds. The summed E-state index contributed by atoms with van der Waals surface area (Å²) in [5.74, 6) is -0.0181. The first-order chi connectivity index (χ1) is 9.00. The lowest BCUT2D eigenvalue weighted by Crippen LogP contribution is -2.25. The van der Waals surface area contributed by atoms with Crippen LogP contribution in [0.4, 0.5) is 0 Å². The first-order valence-corrected chi connectivity index (χ1v) is 8.22. The zero-order chi connectivity index (χ0) is 14.3.